The number of carbonyl (C=O) groups excluding carboxylic acids is 1. The van der Waals surface area contributed by atoms with E-state index in [1.165, 1.54) is 35.6 Å². The van der Waals surface area contributed by atoms with Crippen LogP contribution in [0.15, 0.2) is 48.5 Å². The molecule has 1 aliphatic rings. The van der Waals surface area contributed by atoms with E-state index in [1.807, 2.05) is 31.2 Å². The summed E-state index contributed by atoms with van der Waals surface area (Å²) in [5, 5.41) is 2.91. The summed E-state index contributed by atoms with van der Waals surface area (Å²) in [5.41, 5.74) is 2.52. The van der Waals surface area contributed by atoms with Crippen LogP contribution in [0.5, 0.6) is 0 Å². The van der Waals surface area contributed by atoms with Crippen LogP contribution in [-0.4, -0.2) is 38.8 Å². The zero-order chi connectivity index (χ0) is 21.0. The number of nitrogens with one attached hydrogen (secondary N) is 1. The van der Waals surface area contributed by atoms with Crippen molar-refractivity contribution >= 4 is 21.8 Å². The van der Waals surface area contributed by atoms with Crippen molar-refractivity contribution in [2.45, 2.75) is 26.3 Å². The molecule has 1 fully saturated rings. The van der Waals surface area contributed by atoms with Gasteiger partial charge in [0.2, 0.25) is 5.91 Å². The molecule has 3 rings (SSSR count). The summed E-state index contributed by atoms with van der Waals surface area (Å²) >= 11 is 0. The zero-order valence-electron chi connectivity index (χ0n) is 16.6. The Hall–Kier alpha value is -2.45. The van der Waals surface area contributed by atoms with Gasteiger partial charge in [0, 0.05) is 26.7 Å². The molecule has 2 aromatic rings. The molecule has 1 saturated heterocycles. The summed E-state index contributed by atoms with van der Waals surface area (Å²) in [5.74, 6) is -0.969. The molecular formula is C21H26FN3O3S. The number of hydrogen-bond donors (Lipinski definition) is 1. The summed E-state index contributed by atoms with van der Waals surface area (Å²) < 4.78 is 41.5. The lowest BCUT2D eigenvalue weighted by Gasteiger charge is -2.34. The average Bonchev–Trinajstić information content (AvgIpc) is 2.73. The predicted octanol–water partition coefficient (Wildman–Crippen LogP) is 2.84. The fraction of sp³-hybridized carbons (Fsp3) is 0.381. The normalized spacial score (nSPS) is 17.7. The Morgan fingerprint density at radius 2 is 1.83 bits per heavy atom. The molecule has 0 unspecified atom stereocenters. The van der Waals surface area contributed by atoms with Gasteiger partial charge in [-0.2, -0.15) is 12.7 Å². The fourth-order valence-corrected chi connectivity index (χ4v) is 4.83. The second kappa shape index (κ2) is 8.92. The number of nitrogens with zero attached hydrogens (tertiary/aromatic N) is 2. The van der Waals surface area contributed by atoms with Gasteiger partial charge in [0.05, 0.1) is 11.6 Å². The highest BCUT2D eigenvalue weighted by Crippen LogP contribution is 2.24. The van der Waals surface area contributed by atoms with Gasteiger partial charge >= 0.3 is 10.2 Å². The van der Waals surface area contributed by atoms with Gasteiger partial charge < -0.3 is 5.32 Å². The Labute approximate surface area is 171 Å². The minimum atomic E-state index is -3.80. The molecule has 1 atom stereocenters. The van der Waals surface area contributed by atoms with Crippen molar-refractivity contribution in [1.82, 2.24) is 9.62 Å². The second-order valence-electron chi connectivity index (χ2n) is 7.35. The van der Waals surface area contributed by atoms with Crippen molar-refractivity contribution < 1.29 is 17.6 Å². The Morgan fingerprint density at radius 3 is 2.48 bits per heavy atom. The first kappa shape index (κ1) is 21.3. The van der Waals surface area contributed by atoms with E-state index in [-0.39, 0.29) is 12.5 Å². The lowest BCUT2D eigenvalue weighted by atomic mass is 9.98. The van der Waals surface area contributed by atoms with Gasteiger partial charge in [-0.25, -0.2) is 4.39 Å². The summed E-state index contributed by atoms with van der Waals surface area (Å²) in [7, 11) is -2.37. The number of amides is 1. The summed E-state index contributed by atoms with van der Waals surface area (Å²) in [6.45, 7) is 2.91. The van der Waals surface area contributed by atoms with Crippen LogP contribution >= 0.6 is 0 Å². The van der Waals surface area contributed by atoms with E-state index in [1.54, 1.807) is 0 Å². The molecule has 0 aliphatic carbocycles. The van der Waals surface area contributed by atoms with Gasteiger partial charge in [-0.05, 0) is 49.6 Å². The van der Waals surface area contributed by atoms with Crippen molar-refractivity contribution in [2.24, 2.45) is 5.92 Å². The molecule has 156 valence electrons. The third-order valence-electron chi connectivity index (χ3n) is 5.20. The molecule has 1 amide bonds. The van der Waals surface area contributed by atoms with E-state index < -0.39 is 21.9 Å². The monoisotopic (exact) mass is 419 g/mol. The smallest absolute Gasteiger partial charge is 0.303 e. The Balaban J connectivity index is 1.63. The third-order valence-corrected chi connectivity index (χ3v) is 7.09. The number of rotatable bonds is 6. The minimum Gasteiger partial charge on any atom is -0.352 e. The summed E-state index contributed by atoms with van der Waals surface area (Å²) in [4.78, 5) is 12.6. The zero-order valence-corrected chi connectivity index (χ0v) is 17.5. The average molecular weight is 420 g/mol. The van der Waals surface area contributed by atoms with E-state index in [0.29, 0.717) is 31.6 Å². The first-order valence-corrected chi connectivity index (χ1v) is 11.0. The van der Waals surface area contributed by atoms with Crippen LogP contribution in [0.1, 0.15) is 24.0 Å². The molecule has 8 heteroatoms. The highest BCUT2D eigenvalue weighted by Gasteiger charge is 2.34. The van der Waals surface area contributed by atoms with E-state index in [0.717, 1.165) is 15.4 Å². The van der Waals surface area contributed by atoms with Gasteiger partial charge in [0.25, 0.3) is 0 Å². The Kier molecular flexibility index (Phi) is 6.54. The maximum Gasteiger partial charge on any atom is 0.303 e. The molecule has 29 heavy (non-hydrogen) atoms. The second-order valence-corrected chi connectivity index (χ2v) is 9.31. The van der Waals surface area contributed by atoms with Gasteiger partial charge in [-0.1, -0.05) is 29.8 Å². The predicted molar refractivity (Wildman–Crippen MR) is 111 cm³/mol. The van der Waals surface area contributed by atoms with Gasteiger partial charge in [0.15, 0.2) is 0 Å². The molecule has 1 aliphatic heterocycles. The van der Waals surface area contributed by atoms with Crippen LogP contribution in [-0.2, 0) is 21.5 Å². The molecule has 0 spiro atoms. The van der Waals surface area contributed by atoms with Crippen LogP contribution in [0, 0.1) is 18.7 Å². The van der Waals surface area contributed by atoms with Gasteiger partial charge in [-0.3, -0.25) is 9.10 Å². The molecule has 2 aromatic carbocycles. The number of halogens is 1. The molecule has 0 saturated carbocycles. The molecule has 0 radical (unpaired) electrons. The molecule has 1 heterocycles. The fourth-order valence-electron chi connectivity index (χ4n) is 3.36. The summed E-state index contributed by atoms with van der Waals surface area (Å²) in [6, 6.07) is 13.2. The number of anilines is 1. The van der Waals surface area contributed by atoms with Gasteiger partial charge in [0.1, 0.15) is 5.82 Å². The highest BCUT2D eigenvalue weighted by atomic mass is 32.2. The van der Waals surface area contributed by atoms with E-state index in [4.69, 9.17) is 0 Å². The third kappa shape index (κ3) is 5.13. The quantitative estimate of drug-likeness (QED) is 0.783. The van der Waals surface area contributed by atoms with Crippen LogP contribution < -0.4 is 9.62 Å². The largest absolute Gasteiger partial charge is 0.352 e. The Morgan fingerprint density at radius 1 is 1.17 bits per heavy atom. The van der Waals surface area contributed by atoms with E-state index >= 15 is 0 Å². The lowest BCUT2D eigenvalue weighted by molar-refractivity contribution is -0.126. The van der Waals surface area contributed by atoms with Gasteiger partial charge in [-0.15, -0.1) is 0 Å². The molecular weight excluding hydrogens is 393 g/mol. The summed E-state index contributed by atoms with van der Waals surface area (Å²) in [6.07, 6.45) is 1.26. The van der Waals surface area contributed by atoms with Crippen LogP contribution in [0.25, 0.3) is 0 Å². The number of piperidine rings is 1. The molecule has 0 aromatic heterocycles. The van der Waals surface area contributed by atoms with E-state index in [2.05, 4.69) is 5.32 Å². The number of carbonyl (C=O) groups is 1. The van der Waals surface area contributed by atoms with Crippen molar-refractivity contribution in [2.75, 3.05) is 24.4 Å². The number of aryl methyl sites for hydroxylation is 1. The maximum absolute atomic E-state index is 13.1. The molecule has 6 nitrogen and oxygen atoms in total. The topological polar surface area (TPSA) is 69.7 Å². The van der Waals surface area contributed by atoms with Crippen LogP contribution in [0.3, 0.4) is 0 Å². The minimum absolute atomic E-state index is 0.133. The first-order chi connectivity index (χ1) is 13.8. The molecule has 1 N–H and O–H groups in total. The SMILES string of the molecule is Cc1ccc(CNC(=O)[C@@H]2CCCN(S(=O)(=O)N(C)c3ccc(F)cc3)C2)cc1. The van der Waals surface area contributed by atoms with Crippen molar-refractivity contribution in [3.8, 4) is 0 Å². The highest BCUT2D eigenvalue weighted by molar-refractivity contribution is 7.90. The van der Waals surface area contributed by atoms with E-state index in [9.17, 15) is 17.6 Å². The van der Waals surface area contributed by atoms with Crippen molar-refractivity contribution in [3.05, 3.63) is 65.5 Å². The Bertz CT molecular complexity index is 946. The maximum atomic E-state index is 13.1. The lowest BCUT2D eigenvalue weighted by Crippen LogP contribution is -2.49. The molecule has 0 bridgehead atoms. The van der Waals surface area contributed by atoms with Crippen molar-refractivity contribution in [1.29, 1.82) is 0 Å². The number of hydrogen-bond acceptors (Lipinski definition) is 3. The number of benzene rings is 2. The van der Waals surface area contributed by atoms with Crippen LogP contribution in [0.2, 0.25) is 0 Å². The first-order valence-electron chi connectivity index (χ1n) is 9.60. The van der Waals surface area contributed by atoms with Crippen molar-refractivity contribution in [3.63, 3.8) is 0 Å². The van der Waals surface area contributed by atoms with Crippen LogP contribution in [0.4, 0.5) is 10.1 Å². The standard InChI is InChI=1S/C21H26FN3O3S/c1-16-5-7-17(8-6-16)14-23-21(26)18-4-3-13-25(15-18)29(27,28)24(2)20-11-9-19(22)10-12-20/h5-12,18H,3-4,13-15H2,1-2H3,(H,23,26)/t18-/m1/s1.